The summed E-state index contributed by atoms with van der Waals surface area (Å²) in [7, 11) is 3.13. The number of carbonyl (C=O) groups is 1. The van der Waals surface area contributed by atoms with Crippen LogP contribution in [0.3, 0.4) is 0 Å². The van der Waals surface area contributed by atoms with Gasteiger partial charge in [-0.15, -0.1) is 10.2 Å². The van der Waals surface area contributed by atoms with Gasteiger partial charge in [-0.2, -0.15) is 0 Å². The second-order valence-electron chi connectivity index (χ2n) is 6.77. The van der Waals surface area contributed by atoms with Gasteiger partial charge in [0.2, 0.25) is 11.8 Å². The zero-order valence-electron chi connectivity index (χ0n) is 16.0. The van der Waals surface area contributed by atoms with Crippen molar-refractivity contribution in [3.8, 4) is 11.5 Å². The van der Waals surface area contributed by atoms with Crippen molar-refractivity contribution in [2.24, 2.45) is 5.92 Å². The molecule has 2 aromatic rings. The number of methoxy groups -OCH3 is 2. The summed E-state index contributed by atoms with van der Waals surface area (Å²) in [5.74, 6) is 2.67. The number of nitrogens with one attached hydrogen (secondary N) is 1. The minimum absolute atomic E-state index is 0.128. The molecular weight excluding hydrogens is 348 g/mol. The number of piperidine rings is 1. The maximum absolute atomic E-state index is 12.5. The molecule has 1 amide bonds. The Kier molecular flexibility index (Phi) is 6.28. The Balaban J connectivity index is 1.53. The van der Waals surface area contributed by atoms with Crippen molar-refractivity contribution in [2.75, 3.05) is 33.9 Å². The van der Waals surface area contributed by atoms with Crippen molar-refractivity contribution in [3.05, 3.63) is 35.5 Å². The molecule has 1 aromatic heterocycles. The fourth-order valence-corrected chi connectivity index (χ4v) is 3.33. The van der Waals surface area contributed by atoms with E-state index >= 15 is 0 Å². The molecule has 0 spiro atoms. The summed E-state index contributed by atoms with van der Waals surface area (Å²) >= 11 is 0. The summed E-state index contributed by atoms with van der Waals surface area (Å²) < 4.78 is 15.9. The van der Waals surface area contributed by atoms with Crippen LogP contribution in [0.4, 0.5) is 0 Å². The van der Waals surface area contributed by atoms with Crippen molar-refractivity contribution >= 4 is 5.91 Å². The maximum Gasteiger partial charge on any atom is 0.251 e. The highest BCUT2D eigenvalue weighted by molar-refractivity contribution is 5.95. The van der Waals surface area contributed by atoms with Gasteiger partial charge in [0, 0.05) is 31.6 Å². The number of benzene rings is 1. The van der Waals surface area contributed by atoms with Gasteiger partial charge in [0.25, 0.3) is 5.91 Å². The van der Waals surface area contributed by atoms with Crippen molar-refractivity contribution in [3.63, 3.8) is 0 Å². The number of aryl methyl sites for hydroxylation is 1. The fourth-order valence-electron chi connectivity index (χ4n) is 3.33. The van der Waals surface area contributed by atoms with Crippen LogP contribution in [0.2, 0.25) is 0 Å². The van der Waals surface area contributed by atoms with E-state index in [2.05, 4.69) is 20.4 Å². The highest BCUT2D eigenvalue weighted by atomic mass is 16.5. The quantitative estimate of drug-likeness (QED) is 0.793. The van der Waals surface area contributed by atoms with E-state index in [1.807, 2.05) is 0 Å². The summed E-state index contributed by atoms with van der Waals surface area (Å²) in [6.45, 7) is 4.96. The van der Waals surface area contributed by atoms with Gasteiger partial charge in [0.05, 0.1) is 20.8 Å². The van der Waals surface area contributed by atoms with Crippen LogP contribution in [0.25, 0.3) is 0 Å². The second kappa shape index (κ2) is 8.85. The topological polar surface area (TPSA) is 89.7 Å². The van der Waals surface area contributed by atoms with E-state index in [0.717, 1.165) is 25.9 Å². The van der Waals surface area contributed by atoms with Crippen LogP contribution in [0, 0.1) is 12.8 Å². The molecule has 1 atom stereocenters. The van der Waals surface area contributed by atoms with E-state index in [1.165, 1.54) is 0 Å². The molecule has 0 radical (unpaired) electrons. The number of amides is 1. The molecule has 1 unspecified atom stereocenters. The SMILES string of the molecule is COc1cc(OC)cc(C(=O)NCC2CCCN(Cc3nnc(C)o3)C2)c1. The lowest BCUT2D eigenvalue weighted by atomic mass is 9.98. The molecule has 1 fully saturated rings. The van der Waals surface area contributed by atoms with Crippen molar-refractivity contribution < 1.29 is 18.7 Å². The number of aromatic nitrogens is 2. The Labute approximate surface area is 158 Å². The minimum Gasteiger partial charge on any atom is -0.497 e. The Bertz CT molecular complexity index is 755. The summed E-state index contributed by atoms with van der Waals surface area (Å²) in [6.07, 6.45) is 2.17. The van der Waals surface area contributed by atoms with Gasteiger partial charge >= 0.3 is 0 Å². The molecule has 3 rings (SSSR count). The van der Waals surface area contributed by atoms with Crippen LogP contribution in [0.1, 0.15) is 35.0 Å². The first-order chi connectivity index (χ1) is 13.1. The first kappa shape index (κ1) is 19.2. The van der Waals surface area contributed by atoms with E-state index in [1.54, 1.807) is 39.3 Å². The molecule has 27 heavy (non-hydrogen) atoms. The zero-order valence-corrected chi connectivity index (χ0v) is 16.0. The third-order valence-corrected chi connectivity index (χ3v) is 4.69. The number of nitrogens with zero attached hydrogens (tertiary/aromatic N) is 3. The third kappa shape index (κ3) is 5.19. The molecule has 1 N–H and O–H groups in total. The Morgan fingerprint density at radius 2 is 2.00 bits per heavy atom. The number of carbonyl (C=O) groups excluding carboxylic acids is 1. The van der Waals surface area contributed by atoms with Crippen molar-refractivity contribution in [2.45, 2.75) is 26.3 Å². The van der Waals surface area contributed by atoms with Crippen molar-refractivity contribution in [1.82, 2.24) is 20.4 Å². The highest BCUT2D eigenvalue weighted by Crippen LogP contribution is 2.23. The molecule has 1 aromatic carbocycles. The van der Waals surface area contributed by atoms with E-state index in [9.17, 15) is 4.79 Å². The summed E-state index contributed by atoms with van der Waals surface area (Å²) in [5, 5.41) is 11.0. The predicted octanol–water partition coefficient (Wildman–Crippen LogP) is 2.04. The molecule has 146 valence electrons. The average Bonchev–Trinajstić information content (AvgIpc) is 3.10. The van der Waals surface area contributed by atoms with Crippen LogP contribution in [-0.4, -0.2) is 54.9 Å². The van der Waals surface area contributed by atoms with Crippen LogP contribution in [0.15, 0.2) is 22.6 Å². The first-order valence-electron chi connectivity index (χ1n) is 9.10. The molecule has 0 saturated carbocycles. The largest absolute Gasteiger partial charge is 0.497 e. The lowest BCUT2D eigenvalue weighted by Crippen LogP contribution is -2.40. The standard InChI is InChI=1S/C19H26N4O4/c1-13-21-22-18(27-13)12-23-6-4-5-14(11-23)10-20-19(24)15-7-16(25-2)9-17(8-15)26-3/h7-9,14H,4-6,10-12H2,1-3H3,(H,20,24). The first-order valence-corrected chi connectivity index (χ1v) is 9.10. The van der Waals surface area contributed by atoms with Gasteiger partial charge in [0.15, 0.2) is 0 Å². The normalized spacial score (nSPS) is 17.5. The number of hydrogen-bond acceptors (Lipinski definition) is 7. The summed E-state index contributed by atoms with van der Waals surface area (Å²) in [5.41, 5.74) is 0.528. The van der Waals surface area contributed by atoms with Gasteiger partial charge in [-0.1, -0.05) is 0 Å². The number of likely N-dealkylation sites (tertiary alicyclic amines) is 1. The van der Waals surface area contributed by atoms with Gasteiger partial charge in [-0.05, 0) is 37.4 Å². The van der Waals surface area contributed by atoms with E-state index in [-0.39, 0.29) is 5.91 Å². The molecule has 1 aliphatic heterocycles. The maximum atomic E-state index is 12.5. The third-order valence-electron chi connectivity index (χ3n) is 4.69. The molecule has 1 saturated heterocycles. The lowest BCUT2D eigenvalue weighted by Gasteiger charge is -2.31. The van der Waals surface area contributed by atoms with Crippen LogP contribution >= 0.6 is 0 Å². The fraction of sp³-hybridized carbons (Fsp3) is 0.526. The minimum atomic E-state index is -0.128. The Morgan fingerprint density at radius 1 is 1.26 bits per heavy atom. The molecular formula is C19H26N4O4. The Hall–Kier alpha value is -2.61. The molecule has 1 aliphatic rings. The molecule has 8 heteroatoms. The van der Waals surface area contributed by atoms with Gasteiger partial charge in [0.1, 0.15) is 11.5 Å². The lowest BCUT2D eigenvalue weighted by molar-refractivity contribution is 0.0926. The van der Waals surface area contributed by atoms with Gasteiger partial charge < -0.3 is 19.2 Å². The monoisotopic (exact) mass is 374 g/mol. The highest BCUT2D eigenvalue weighted by Gasteiger charge is 2.22. The molecule has 2 heterocycles. The van der Waals surface area contributed by atoms with Crippen LogP contribution in [0.5, 0.6) is 11.5 Å². The molecule has 0 bridgehead atoms. The van der Waals surface area contributed by atoms with Crippen LogP contribution in [-0.2, 0) is 6.54 Å². The van der Waals surface area contributed by atoms with E-state index in [4.69, 9.17) is 13.9 Å². The zero-order chi connectivity index (χ0) is 19.2. The molecule has 8 nitrogen and oxygen atoms in total. The number of rotatable bonds is 7. The summed E-state index contributed by atoms with van der Waals surface area (Å²) in [6, 6.07) is 5.17. The Morgan fingerprint density at radius 3 is 2.63 bits per heavy atom. The van der Waals surface area contributed by atoms with E-state index < -0.39 is 0 Å². The summed E-state index contributed by atoms with van der Waals surface area (Å²) in [4.78, 5) is 14.8. The van der Waals surface area contributed by atoms with E-state index in [0.29, 0.717) is 47.9 Å². The van der Waals surface area contributed by atoms with Gasteiger partial charge in [-0.25, -0.2) is 0 Å². The van der Waals surface area contributed by atoms with Crippen molar-refractivity contribution in [1.29, 1.82) is 0 Å². The second-order valence-corrected chi connectivity index (χ2v) is 6.77. The number of hydrogen-bond donors (Lipinski definition) is 1. The van der Waals surface area contributed by atoms with Gasteiger partial charge in [-0.3, -0.25) is 9.69 Å². The average molecular weight is 374 g/mol. The smallest absolute Gasteiger partial charge is 0.251 e. The number of ether oxygens (including phenoxy) is 2. The van der Waals surface area contributed by atoms with Crippen LogP contribution < -0.4 is 14.8 Å². The predicted molar refractivity (Wildman–Crippen MR) is 98.9 cm³/mol. The molecule has 0 aliphatic carbocycles.